The van der Waals surface area contributed by atoms with Crippen molar-refractivity contribution >= 4 is 0 Å². The highest BCUT2D eigenvalue weighted by molar-refractivity contribution is 4.72. The Bertz CT molecular complexity index is 128. The third-order valence-electron chi connectivity index (χ3n) is 2.31. The molecular weight excluding hydrogens is 196 g/mol. The van der Waals surface area contributed by atoms with Crippen LogP contribution in [-0.2, 0) is 14.2 Å². The van der Waals surface area contributed by atoms with Gasteiger partial charge in [-0.1, -0.05) is 0 Å². The fourth-order valence-electron chi connectivity index (χ4n) is 1.41. The molecule has 0 bridgehead atoms. The molecule has 0 amide bonds. The van der Waals surface area contributed by atoms with Gasteiger partial charge in [0.15, 0.2) is 0 Å². The van der Waals surface area contributed by atoms with Gasteiger partial charge in [0.2, 0.25) is 0 Å². The summed E-state index contributed by atoms with van der Waals surface area (Å²) in [5.74, 6) is 0. The zero-order valence-corrected chi connectivity index (χ0v) is 10.1. The first-order valence-corrected chi connectivity index (χ1v) is 5.21. The van der Waals surface area contributed by atoms with Crippen LogP contribution in [0.3, 0.4) is 0 Å². The van der Waals surface area contributed by atoms with Crippen molar-refractivity contribution in [2.24, 2.45) is 5.73 Å². The van der Waals surface area contributed by atoms with Crippen LogP contribution in [0, 0.1) is 0 Å². The molecule has 5 nitrogen and oxygen atoms in total. The summed E-state index contributed by atoms with van der Waals surface area (Å²) in [6, 6.07) is 0.236. The largest absolute Gasteiger partial charge is 0.383 e. The molecular formula is C10H24N2O3. The van der Waals surface area contributed by atoms with E-state index in [1.165, 1.54) is 0 Å². The summed E-state index contributed by atoms with van der Waals surface area (Å²) in [6.45, 7) is 4.33. The van der Waals surface area contributed by atoms with Crippen molar-refractivity contribution in [2.75, 3.05) is 60.8 Å². The van der Waals surface area contributed by atoms with Crippen LogP contribution in [0.2, 0.25) is 0 Å². The fraction of sp³-hybridized carbons (Fsp3) is 1.00. The molecule has 0 aromatic heterocycles. The van der Waals surface area contributed by atoms with Gasteiger partial charge in [-0.2, -0.15) is 0 Å². The Morgan fingerprint density at radius 1 is 1.00 bits per heavy atom. The molecule has 0 saturated carbocycles. The molecule has 0 saturated heterocycles. The van der Waals surface area contributed by atoms with Crippen molar-refractivity contribution in [1.82, 2.24) is 4.90 Å². The molecule has 0 fully saturated rings. The molecule has 0 heterocycles. The number of ether oxygens (including phenoxy) is 3. The Hall–Kier alpha value is -0.200. The van der Waals surface area contributed by atoms with E-state index < -0.39 is 0 Å². The number of rotatable bonds is 10. The minimum atomic E-state index is 0.236. The van der Waals surface area contributed by atoms with Gasteiger partial charge in [0.1, 0.15) is 0 Å². The number of nitrogens with two attached hydrogens (primary N) is 1. The van der Waals surface area contributed by atoms with E-state index in [0.717, 1.165) is 13.1 Å². The third-order valence-corrected chi connectivity index (χ3v) is 2.31. The molecule has 0 radical (unpaired) electrons. The standard InChI is InChI=1S/C10H24N2O3/c1-13-6-4-12(5-7-14-2)10(8-11)9-15-3/h10H,4-9,11H2,1-3H3. The van der Waals surface area contributed by atoms with E-state index in [-0.39, 0.29) is 6.04 Å². The Labute approximate surface area is 92.5 Å². The molecule has 92 valence electrons. The predicted molar refractivity (Wildman–Crippen MR) is 60.0 cm³/mol. The zero-order valence-electron chi connectivity index (χ0n) is 10.1. The zero-order chi connectivity index (χ0) is 11.5. The number of hydrogen-bond donors (Lipinski definition) is 1. The van der Waals surface area contributed by atoms with Gasteiger partial charge in [0.25, 0.3) is 0 Å². The predicted octanol–water partition coefficient (Wildman–Crippen LogP) is -0.445. The summed E-state index contributed by atoms with van der Waals surface area (Å²) >= 11 is 0. The van der Waals surface area contributed by atoms with E-state index in [2.05, 4.69) is 4.90 Å². The van der Waals surface area contributed by atoms with Gasteiger partial charge in [0, 0.05) is 47.0 Å². The SMILES string of the molecule is COCCN(CCOC)C(CN)COC. The maximum absolute atomic E-state index is 5.70. The highest BCUT2D eigenvalue weighted by atomic mass is 16.5. The Morgan fingerprint density at radius 3 is 1.87 bits per heavy atom. The van der Waals surface area contributed by atoms with Gasteiger partial charge in [-0.25, -0.2) is 0 Å². The van der Waals surface area contributed by atoms with Crippen LogP contribution in [0.4, 0.5) is 0 Å². The van der Waals surface area contributed by atoms with E-state index in [9.17, 15) is 0 Å². The molecule has 0 aliphatic rings. The van der Waals surface area contributed by atoms with Crippen molar-refractivity contribution in [3.05, 3.63) is 0 Å². The van der Waals surface area contributed by atoms with Gasteiger partial charge in [-0.15, -0.1) is 0 Å². The fourth-order valence-corrected chi connectivity index (χ4v) is 1.41. The topological polar surface area (TPSA) is 57.0 Å². The number of nitrogens with zero attached hydrogens (tertiary/aromatic N) is 1. The molecule has 1 unspecified atom stereocenters. The average molecular weight is 220 g/mol. The van der Waals surface area contributed by atoms with Gasteiger partial charge >= 0.3 is 0 Å². The van der Waals surface area contributed by atoms with E-state index in [1.54, 1.807) is 21.3 Å². The molecule has 2 N–H and O–H groups in total. The van der Waals surface area contributed by atoms with Crippen molar-refractivity contribution < 1.29 is 14.2 Å². The lowest BCUT2D eigenvalue weighted by Crippen LogP contribution is -2.46. The number of methoxy groups -OCH3 is 3. The molecule has 0 aliphatic carbocycles. The minimum absolute atomic E-state index is 0.236. The summed E-state index contributed by atoms with van der Waals surface area (Å²) in [5.41, 5.74) is 5.70. The summed E-state index contributed by atoms with van der Waals surface area (Å²) in [4.78, 5) is 2.23. The molecule has 0 spiro atoms. The normalized spacial score (nSPS) is 13.4. The van der Waals surface area contributed by atoms with Crippen LogP contribution in [0.5, 0.6) is 0 Å². The van der Waals surface area contributed by atoms with Crippen LogP contribution in [-0.4, -0.2) is 71.7 Å². The summed E-state index contributed by atoms with van der Waals surface area (Å²) in [7, 11) is 5.08. The quantitative estimate of drug-likeness (QED) is 0.540. The second-order valence-electron chi connectivity index (χ2n) is 3.37. The lowest BCUT2D eigenvalue weighted by atomic mass is 10.2. The van der Waals surface area contributed by atoms with E-state index in [1.807, 2.05) is 0 Å². The van der Waals surface area contributed by atoms with E-state index in [4.69, 9.17) is 19.9 Å². The lowest BCUT2D eigenvalue weighted by Gasteiger charge is -2.29. The molecule has 0 aromatic carbocycles. The third kappa shape index (κ3) is 6.81. The second kappa shape index (κ2) is 10.3. The van der Waals surface area contributed by atoms with Gasteiger partial charge < -0.3 is 19.9 Å². The van der Waals surface area contributed by atoms with Crippen molar-refractivity contribution in [3.8, 4) is 0 Å². The Balaban J connectivity index is 4.02. The van der Waals surface area contributed by atoms with E-state index >= 15 is 0 Å². The van der Waals surface area contributed by atoms with Crippen LogP contribution in [0.25, 0.3) is 0 Å². The second-order valence-corrected chi connectivity index (χ2v) is 3.37. The van der Waals surface area contributed by atoms with Crippen molar-refractivity contribution in [2.45, 2.75) is 6.04 Å². The first-order chi connectivity index (χ1) is 7.29. The maximum atomic E-state index is 5.70. The van der Waals surface area contributed by atoms with E-state index in [0.29, 0.717) is 26.4 Å². The molecule has 0 aliphatic heterocycles. The molecule has 0 aromatic rings. The number of hydrogen-bond acceptors (Lipinski definition) is 5. The van der Waals surface area contributed by atoms with Crippen LogP contribution >= 0.6 is 0 Å². The molecule has 15 heavy (non-hydrogen) atoms. The van der Waals surface area contributed by atoms with Crippen LogP contribution in [0.1, 0.15) is 0 Å². The minimum Gasteiger partial charge on any atom is -0.383 e. The van der Waals surface area contributed by atoms with Crippen molar-refractivity contribution in [1.29, 1.82) is 0 Å². The van der Waals surface area contributed by atoms with Gasteiger partial charge in [-0.3, -0.25) is 4.90 Å². The highest BCUT2D eigenvalue weighted by Gasteiger charge is 2.16. The first kappa shape index (κ1) is 14.8. The highest BCUT2D eigenvalue weighted by Crippen LogP contribution is 1.99. The van der Waals surface area contributed by atoms with Crippen LogP contribution in [0.15, 0.2) is 0 Å². The Kier molecular flexibility index (Phi) is 10.2. The molecule has 1 atom stereocenters. The lowest BCUT2D eigenvalue weighted by molar-refractivity contribution is 0.0523. The summed E-state index contributed by atoms with van der Waals surface area (Å²) < 4.78 is 15.3. The molecule has 0 rings (SSSR count). The van der Waals surface area contributed by atoms with Crippen LogP contribution < -0.4 is 5.73 Å². The monoisotopic (exact) mass is 220 g/mol. The van der Waals surface area contributed by atoms with Gasteiger partial charge in [0.05, 0.1) is 19.8 Å². The van der Waals surface area contributed by atoms with Crippen molar-refractivity contribution in [3.63, 3.8) is 0 Å². The average Bonchev–Trinajstić information content (AvgIpc) is 2.27. The summed E-state index contributed by atoms with van der Waals surface area (Å²) in [6.07, 6.45) is 0. The van der Waals surface area contributed by atoms with Gasteiger partial charge in [-0.05, 0) is 0 Å². The summed E-state index contributed by atoms with van der Waals surface area (Å²) in [5, 5.41) is 0. The first-order valence-electron chi connectivity index (χ1n) is 5.21. The molecule has 5 heteroatoms. The smallest absolute Gasteiger partial charge is 0.0630 e. The maximum Gasteiger partial charge on any atom is 0.0630 e. The Morgan fingerprint density at radius 2 is 1.53 bits per heavy atom.